The van der Waals surface area contributed by atoms with Gasteiger partial charge in [-0.25, -0.2) is 8.42 Å². The third kappa shape index (κ3) is 5.08. The van der Waals surface area contributed by atoms with Crippen molar-refractivity contribution in [3.63, 3.8) is 0 Å². The Hall–Kier alpha value is -2.37. The summed E-state index contributed by atoms with van der Waals surface area (Å²) in [5.74, 6) is 4.39. The van der Waals surface area contributed by atoms with Crippen molar-refractivity contribution in [3.05, 3.63) is 24.3 Å². The average molecular weight is 393 g/mol. The molecule has 1 aliphatic rings. The largest absolute Gasteiger partial charge is 0.481 e. The van der Waals surface area contributed by atoms with E-state index in [1.807, 2.05) is 0 Å². The number of aliphatic carboxylic acids is 1. The van der Waals surface area contributed by atoms with Crippen LogP contribution in [0.3, 0.4) is 0 Å². The summed E-state index contributed by atoms with van der Waals surface area (Å²) in [5.41, 5.74) is 0. The number of hydrogen-bond donors (Lipinski definition) is 1. The molecule has 0 aliphatic heterocycles. The highest BCUT2D eigenvalue weighted by atomic mass is 32.2. The standard InChI is InChI=1S/C19H23NO6S/c1-3-4-13-26-16-9-11-17(12-10-16)27(24,25)20(2)18(19(22)23)14-5-7-15(21)8-6-14/h9-12,14,18H,5-8,13H2,1-2H3,(H,22,23). The Morgan fingerprint density at radius 2 is 1.89 bits per heavy atom. The normalized spacial score (nSPS) is 16.5. The minimum Gasteiger partial charge on any atom is -0.481 e. The Labute approximate surface area is 159 Å². The topological polar surface area (TPSA) is 101 Å². The van der Waals surface area contributed by atoms with Gasteiger partial charge in [-0.2, -0.15) is 4.31 Å². The molecule has 0 aromatic heterocycles. The van der Waals surface area contributed by atoms with Crippen LogP contribution >= 0.6 is 0 Å². The summed E-state index contributed by atoms with van der Waals surface area (Å²) in [4.78, 5) is 23.2. The summed E-state index contributed by atoms with van der Waals surface area (Å²) in [6, 6.07) is 4.56. The van der Waals surface area contributed by atoms with Crippen LogP contribution in [0.5, 0.6) is 5.75 Å². The number of nitrogens with zero attached hydrogens (tertiary/aromatic N) is 1. The Balaban J connectivity index is 2.20. The maximum absolute atomic E-state index is 12.9. The molecule has 1 unspecified atom stereocenters. The smallest absolute Gasteiger partial charge is 0.322 e. The molecule has 2 rings (SSSR count). The van der Waals surface area contributed by atoms with Gasteiger partial charge in [-0.05, 0) is 49.9 Å². The van der Waals surface area contributed by atoms with Crippen LogP contribution in [0.1, 0.15) is 32.6 Å². The lowest BCUT2D eigenvalue weighted by Crippen LogP contribution is -2.48. The van der Waals surface area contributed by atoms with Crippen molar-refractivity contribution in [3.8, 4) is 17.6 Å². The van der Waals surface area contributed by atoms with E-state index >= 15 is 0 Å². The highest BCUT2D eigenvalue weighted by Gasteiger charge is 2.39. The summed E-state index contributed by atoms with van der Waals surface area (Å²) < 4.78 is 32.0. The first kappa shape index (κ1) is 20.9. The molecule has 1 atom stereocenters. The summed E-state index contributed by atoms with van der Waals surface area (Å²) in [6.07, 6.45) is 1.33. The summed E-state index contributed by atoms with van der Waals surface area (Å²) in [7, 11) is -2.73. The zero-order valence-electron chi connectivity index (χ0n) is 15.3. The fourth-order valence-electron chi connectivity index (χ4n) is 3.15. The van der Waals surface area contributed by atoms with Gasteiger partial charge in [0.2, 0.25) is 10.0 Å². The summed E-state index contributed by atoms with van der Waals surface area (Å²) in [5, 5.41) is 9.61. The number of rotatable bonds is 7. The van der Waals surface area contributed by atoms with E-state index in [-0.39, 0.29) is 30.1 Å². The van der Waals surface area contributed by atoms with Gasteiger partial charge < -0.3 is 9.84 Å². The van der Waals surface area contributed by atoms with E-state index in [2.05, 4.69) is 11.8 Å². The maximum Gasteiger partial charge on any atom is 0.322 e. The van der Waals surface area contributed by atoms with Gasteiger partial charge in [0.1, 0.15) is 24.2 Å². The second kappa shape index (κ2) is 9.02. The van der Waals surface area contributed by atoms with Crippen LogP contribution in [0, 0.1) is 17.8 Å². The number of carbonyl (C=O) groups is 2. The van der Waals surface area contributed by atoms with E-state index in [0.717, 1.165) is 4.31 Å². The fraction of sp³-hybridized carbons (Fsp3) is 0.474. The van der Waals surface area contributed by atoms with Crippen molar-refractivity contribution in [2.45, 2.75) is 43.5 Å². The van der Waals surface area contributed by atoms with Crippen molar-refractivity contribution in [1.29, 1.82) is 0 Å². The Morgan fingerprint density at radius 1 is 1.30 bits per heavy atom. The second-order valence-corrected chi connectivity index (χ2v) is 8.36. The lowest BCUT2D eigenvalue weighted by molar-refractivity contribution is -0.144. The summed E-state index contributed by atoms with van der Waals surface area (Å²) in [6.45, 7) is 1.89. The van der Waals surface area contributed by atoms with Gasteiger partial charge in [0.15, 0.2) is 0 Å². The SMILES string of the molecule is CC#CCOc1ccc(S(=O)(=O)N(C)C(C(=O)O)C2CCC(=O)CC2)cc1. The molecule has 1 fully saturated rings. The number of likely N-dealkylation sites (N-methyl/N-ethyl adjacent to an activating group) is 1. The molecule has 7 nitrogen and oxygen atoms in total. The fourth-order valence-corrected chi connectivity index (χ4v) is 4.52. The van der Waals surface area contributed by atoms with E-state index in [4.69, 9.17) is 4.74 Å². The van der Waals surface area contributed by atoms with Gasteiger partial charge >= 0.3 is 5.97 Å². The van der Waals surface area contributed by atoms with Crippen LogP contribution < -0.4 is 4.74 Å². The predicted molar refractivity (Wildman–Crippen MR) is 98.7 cm³/mol. The van der Waals surface area contributed by atoms with Gasteiger partial charge in [0.25, 0.3) is 0 Å². The lowest BCUT2D eigenvalue weighted by Gasteiger charge is -2.32. The van der Waals surface area contributed by atoms with Crippen molar-refractivity contribution in [1.82, 2.24) is 4.31 Å². The van der Waals surface area contributed by atoms with Gasteiger partial charge in [0, 0.05) is 19.9 Å². The number of benzene rings is 1. The average Bonchev–Trinajstić information content (AvgIpc) is 2.64. The minimum absolute atomic E-state index is 0.0166. The number of ether oxygens (including phenoxy) is 1. The second-order valence-electron chi connectivity index (χ2n) is 6.37. The lowest BCUT2D eigenvalue weighted by atomic mass is 9.83. The first-order valence-electron chi connectivity index (χ1n) is 8.62. The zero-order chi connectivity index (χ0) is 20.0. The van der Waals surface area contributed by atoms with Crippen LogP contribution in [0.2, 0.25) is 0 Å². The zero-order valence-corrected chi connectivity index (χ0v) is 16.2. The molecule has 8 heteroatoms. The van der Waals surface area contributed by atoms with E-state index in [1.54, 1.807) is 6.92 Å². The first-order valence-corrected chi connectivity index (χ1v) is 10.1. The van der Waals surface area contributed by atoms with Gasteiger partial charge in [-0.3, -0.25) is 9.59 Å². The van der Waals surface area contributed by atoms with Gasteiger partial charge in [-0.1, -0.05) is 5.92 Å². The maximum atomic E-state index is 12.9. The number of sulfonamides is 1. The van der Waals surface area contributed by atoms with E-state index in [9.17, 15) is 23.1 Å². The van der Waals surface area contributed by atoms with E-state index in [0.29, 0.717) is 18.6 Å². The molecule has 1 N–H and O–H groups in total. The summed E-state index contributed by atoms with van der Waals surface area (Å²) >= 11 is 0. The number of hydrogen-bond acceptors (Lipinski definition) is 5. The van der Waals surface area contributed by atoms with Crippen molar-refractivity contribution < 1.29 is 27.9 Å². The molecule has 1 aromatic carbocycles. The van der Waals surface area contributed by atoms with Crippen LogP contribution in [0.15, 0.2) is 29.2 Å². The Kier molecular flexibility index (Phi) is 6.99. The number of carbonyl (C=O) groups excluding carboxylic acids is 1. The minimum atomic E-state index is -4.00. The Bertz CT molecular complexity index is 840. The van der Waals surface area contributed by atoms with Crippen LogP contribution in [0.25, 0.3) is 0 Å². The van der Waals surface area contributed by atoms with E-state index < -0.39 is 28.0 Å². The molecule has 1 saturated carbocycles. The highest BCUT2D eigenvalue weighted by molar-refractivity contribution is 7.89. The molecule has 0 spiro atoms. The molecule has 0 saturated heterocycles. The number of carboxylic acids is 1. The van der Waals surface area contributed by atoms with Crippen LogP contribution in [-0.2, 0) is 19.6 Å². The van der Waals surface area contributed by atoms with Crippen molar-refractivity contribution >= 4 is 21.8 Å². The number of ketones is 1. The molecule has 0 bridgehead atoms. The molecule has 27 heavy (non-hydrogen) atoms. The van der Waals surface area contributed by atoms with Crippen LogP contribution in [0.4, 0.5) is 0 Å². The first-order chi connectivity index (χ1) is 12.8. The molecular formula is C19H23NO6S. The number of carboxylic acid groups (broad SMARTS) is 1. The monoisotopic (exact) mass is 393 g/mol. The molecule has 146 valence electrons. The third-order valence-corrected chi connectivity index (χ3v) is 6.52. The van der Waals surface area contributed by atoms with E-state index in [1.165, 1.54) is 31.3 Å². The van der Waals surface area contributed by atoms with Gasteiger partial charge in [0.05, 0.1) is 4.90 Å². The molecule has 1 aromatic rings. The third-order valence-electron chi connectivity index (χ3n) is 4.67. The highest BCUT2D eigenvalue weighted by Crippen LogP contribution is 2.30. The van der Waals surface area contributed by atoms with Gasteiger partial charge in [-0.15, -0.1) is 5.92 Å². The van der Waals surface area contributed by atoms with Crippen molar-refractivity contribution in [2.75, 3.05) is 13.7 Å². The molecule has 0 heterocycles. The Morgan fingerprint density at radius 3 is 2.41 bits per heavy atom. The molecule has 1 aliphatic carbocycles. The number of Topliss-reactive ketones (excluding diaryl/α,β-unsaturated/α-hetero) is 1. The van der Waals surface area contributed by atoms with Crippen molar-refractivity contribution in [2.24, 2.45) is 5.92 Å². The van der Waals surface area contributed by atoms with Crippen LogP contribution in [-0.4, -0.2) is 49.3 Å². The quantitative estimate of drug-likeness (QED) is 0.711. The molecule has 0 radical (unpaired) electrons. The predicted octanol–water partition coefficient (Wildman–Crippen LogP) is 1.92. The molecule has 0 amide bonds. The molecular weight excluding hydrogens is 370 g/mol.